The van der Waals surface area contributed by atoms with Crippen LogP contribution >= 0.6 is 0 Å². The zero-order chi connectivity index (χ0) is 19.9. The first kappa shape index (κ1) is 19.6. The molecule has 2 aromatic carbocycles. The highest BCUT2D eigenvalue weighted by Crippen LogP contribution is 2.16. The summed E-state index contributed by atoms with van der Waals surface area (Å²) in [6.07, 6.45) is 3.53. The lowest BCUT2D eigenvalue weighted by molar-refractivity contribution is -0.123. The Morgan fingerprint density at radius 2 is 1.96 bits per heavy atom. The molecule has 2 N–H and O–H groups in total. The van der Waals surface area contributed by atoms with Crippen molar-refractivity contribution >= 4 is 5.91 Å². The predicted molar refractivity (Wildman–Crippen MR) is 109 cm³/mol. The van der Waals surface area contributed by atoms with Crippen LogP contribution < -0.4 is 15.4 Å². The summed E-state index contributed by atoms with van der Waals surface area (Å²) in [5, 5.41) is 10.1. The standard InChI is InChI=1S/C22H26N4O2/c1-16-5-4-6-18(11-16)15-28-20-9-7-17(8-10-20)12-24-22(27)21(23-2)19-13-25-26(3)14-19/h4-11,13-14,21,23H,12,15H2,1-3H3,(H,24,27). The van der Waals surface area contributed by atoms with E-state index in [1.807, 2.05) is 43.6 Å². The molecule has 6 heteroatoms. The van der Waals surface area contributed by atoms with Gasteiger partial charge in [-0.2, -0.15) is 5.10 Å². The van der Waals surface area contributed by atoms with Crippen molar-refractivity contribution in [1.29, 1.82) is 0 Å². The third kappa shape index (κ3) is 5.20. The van der Waals surface area contributed by atoms with E-state index in [1.54, 1.807) is 17.9 Å². The molecule has 0 aliphatic heterocycles. The summed E-state index contributed by atoms with van der Waals surface area (Å²) in [4.78, 5) is 12.5. The highest BCUT2D eigenvalue weighted by Gasteiger charge is 2.19. The summed E-state index contributed by atoms with van der Waals surface area (Å²) in [7, 11) is 3.59. The van der Waals surface area contributed by atoms with E-state index in [2.05, 4.69) is 40.9 Å². The molecule has 1 aromatic heterocycles. The van der Waals surface area contributed by atoms with Crippen molar-refractivity contribution in [2.24, 2.45) is 7.05 Å². The molecule has 1 unspecified atom stereocenters. The molecular weight excluding hydrogens is 352 g/mol. The van der Waals surface area contributed by atoms with Crippen LogP contribution in [0.3, 0.4) is 0 Å². The van der Waals surface area contributed by atoms with Crippen LogP contribution in [0.5, 0.6) is 5.75 Å². The number of likely N-dealkylation sites (N-methyl/N-ethyl adjacent to an activating group) is 1. The van der Waals surface area contributed by atoms with Crippen molar-refractivity contribution < 1.29 is 9.53 Å². The molecule has 1 amide bonds. The van der Waals surface area contributed by atoms with Gasteiger partial charge in [0.25, 0.3) is 0 Å². The van der Waals surface area contributed by atoms with Gasteiger partial charge in [-0.15, -0.1) is 0 Å². The van der Waals surface area contributed by atoms with Crippen molar-refractivity contribution in [3.8, 4) is 5.75 Å². The molecule has 0 saturated heterocycles. The van der Waals surface area contributed by atoms with E-state index in [0.717, 1.165) is 22.4 Å². The summed E-state index contributed by atoms with van der Waals surface area (Å²) >= 11 is 0. The van der Waals surface area contributed by atoms with Gasteiger partial charge in [0.2, 0.25) is 5.91 Å². The second-order valence-corrected chi connectivity index (χ2v) is 6.81. The topological polar surface area (TPSA) is 68.2 Å². The number of carbonyl (C=O) groups is 1. The number of aromatic nitrogens is 2. The zero-order valence-corrected chi connectivity index (χ0v) is 16.5. The molecule has 1 heterocycles. The maximum absolute atomic E-state index is 12.5. The molecule has 28 heavy (non-hydrogen) atoms. The van der Waals surface area contributed by atoms with Crippen LogP contribution in [0.25, 0.3) is 0 Å². The van der Waals surface area contributed by atoms with E-state index in [9.17, 15) is 4.79 Å². The van der Waals surface area contributed by atoms with Gasteiger partial charge in [0.1, 0.15) is 18.4 Å². The minimum atomic E-state index is -0.425. The Hall–Kier alpha value is -3.12. The molecule has 0 aliphatic rings. The number of benzene rings is 2. The van der Waals surface area contributed by atoms with Gasteiger partial charge in [-0.1, -0.05) is 42.0 Å². The van der Waals surface area contributed by atoms with Crippen LogP contribution in [0.4, 0.5) is 0 Å². The van der Waals surface area contributed by atoms with Gasteiger partial charge >= 0.3 is 0 Å². The number of hydrogen-bond donors (Lipinski definition) is 2. The van der Waals surface area contributed by atoms with E-state index >= 15 is 0 Å². The van der Waals surface area contributed by atoms with Crippen molar-refractivity contribution in [3.63, 3.8) is 0 Å². The van der Waals surface area contributed by atoms with Crippen LogP contribution in [-0.4, -0.2) is 22.7 Å². The Kier molecular flexibility index (Phi) is 6.45. The van der Waals surface area contributed by atoms with E-state index in [4.69, 9.17) is 4.74 Å². The van der Waals surface area contributed by atoms with E-state index in [1.165, 1.54) is 5.56 Å². The minimum Gasteiger partial charge on any atom is -0.489 e. The molecule has 0 fully saturated rings. The number of amides is 1. The van der Waals surface area contributed by atoms with Gasteiger partial charge < -0.3 is 15.4 Å². The highest BCUT2D eigenvalue weighted by atomic mass is 16.5. The number of rotatable bonds is 8. The quantitative estimate of drug-likeness (QED) is 0.632. The van der Waals surface area contributed by atoms with Crippen LogP contribution in [0, 0.1) is 6.92 Å². The summed E-state index contributed by atoms with van der Waals surface area (Å²) in [5.41, 5.74) is 4.21. The van der Waals surface area contributed by atoms with Crippen molar-refractivity contribution in [2.75, 3.05) is 7.05 Å². The SMILES string of the molecule is CNC(C(=O)NCc1ccc(OCc2cccc(C)c2)cc1)c1cnn(C)c1. The second-order valence-electron chi connectivity index (χ2n) is 6.81. The molecule has 3 aromatic rings. The number of ether oxygens (including phenoxy) is 1. The van der Waals surface area contributed by atoms with Crippen LogP contribution in [0.15, 0.2) is 60.9 Å². The molecule has 0 bridgehead atoms. The third-order valence-corrected chi connectivity index (χ3v) is 4.49. The highest BCUT2D eigenvalue weighted by molar-refractivity contribution is 5.83. The first-order valence-corrected chi connectivity index (χ1v) is 9.26. The number of nitrogens with zero attached hydrogens (tertiary/aromatic N) is 2. The molecule has 1 atom stereocenters. The zero-order valence-electron chi connectivity index (χ0n) is 16.5. The van der Waals surface area contributed by atoms with Gasteiger partial charge in [0.05, 0.1) is 6.20 Å². The number of carbonyl (C=O) groups excluding carboxylic acids is 1. The third-order valence-electron chi connectivity index (χ3n) is 4.49. The summed E-state index contributed by atoms with van der Waals surface area (Å²) in [5.74, 6) is 0.718. The Bertz CT molecular complexity index is 918. The fraction of sp³-hybridized carbons (Fsp3) is 0.273. The lowest BCUT2D eigenvalue weighted by Gasteiger charge is -2.15. The van der Waals surface area contributed by atoms with Crippen molar-refractivity contribution in [2.45, 2.75) is 26.1 Å². The van der Waals surface area contributed by atoms with Gasteiger partial charge in [-0.3, -0.25) is 9.48 Å². The van der Waals surface area contributed by atoms with Crippen molar-refractivity contribution in [1.82, 2.24) is 20.4 Å². The Morgan fingerprint density at radius 3 is 2.61 bits per heavy atom. The second kappa shape index (κ2) is 9.19. The average molecular weight is 378 g/mol. The van der Waals surface area contributed by atoms with E-state index in [-0.39, 0.29) is 5.91 Å². The first-order valence-electron chi connectivity index (χ1n) is 9.26. The van der Waals surface area contributed by atoms with E-state index in [0.29, 0.717) is 13.2 Å². The smallest absolute Gasteiger partial charge is 0.242 e. The summed E-state index contributed by atoms with van der Waals surface area (Å²) < 4.78 is 7.52. The fourth-order valence-electron chi connectivity index (χ4n) is 3.00. The molecule has 0 saturated carbocycles. The van der Waals surface area contributed by atoms with Gasteiger partial charge in [-0.25, -0.2) is 0 Å². The van der Waals surface area contributed by atoms with Gasteiger partial charge in [-0.05, 0) is 37.2 Å². The normalized spacial score (nSPS) is 11.8. The van der Waals surface area contributed by atoms with Gasteiger partial charge in [0.15, 0.2) is 0 Å². The molecule has 6 nitrogen and oxygen atoms in total. The Morgan fingerprint density at radius 1 is 1.18 bits per heavy atom. The predicted octanol–water partition coefficient (Wildman–Crippen LogP) is 2.88. The first-order chi connectivity index (χ1) is 13.5. The average Bonchev–Trinajstić information content (AvgIpc) is 3.12. The van der Waals surface area contributed by atoms with E-state index < -0.39 is 6.04 Å². The molecule has 0 aliphatic carbocycles. The number of aryl methyl sites for hydroxylation is 2. The Labute approximate surface area is 165 Å². The fourth-order valence-corrected chi connectivity index (χ4v) is 3.00. The number of hydrogen-bond acceptors (Lipinski definition) is 4. The summed E-state index contributed by atoms with van der Waals surface area (Å²) in [6, 6.07) is 15.6. The van der Waals surface area contributed by atoms with Crippen molar-refractivity contribution in [3.05, 3.63) is 83.2 Å². The Balaban J connectivity index is 1.51. The largest absolute Gasteiger partial charge is 0.489 e. The molecule has 0 spiro atoms. The maximum atomic E-state index is 12.5. The lowest BCUT2D eigenvalue weighted by Crippen LogP contribution is -2.35. The molecule has 3 rings (SSSR count). The van der Waals surface area contributed by atoms with Crippen LogP contribution in [0.1, 0.15) is 28.3 Å². The minimum absolute atomic E-state index is 0.0877. The van der Waals surface area contributed by atoms with Crippen LogP contribution in [-0.2, 0) is 25.0 Å². The molecule has 146 valence electrons. The molecule has 0 radical (unpaired) electrons. The lowest BCUT2D eigenvalue weighted by atomic mass is 10.1. The van der Waals surface area contributed by atoms with Crippen LogP contribution in [0.2, 0.25) is 0 Å². The number of nitrogens with one attached hydrogen (secondary N) is 2. The van der Waals surface area contributed by atoms with Gasteiger partial charge in [0, 0.05) is 25.4 Å². The molecular formula is C22H26N4O2. The monoisotopic (exact) mass is 378 g/mol. The summed E-state index contributed by atoms with van der Waals surface area (Å²) in [6.45, 7) is 3.06. The maximum Gasteiger partial charge on any atom is 0.242 e.